The largest absolute Gasteiger partial charge is 0.468 e. The number of thiophene rings is 1. The van der Waals surface area contributed by atoms with Gasteiger partial charge in [-0.3, -0.25) is 4.79 Å². The van der Waals surface area contributed by atoms with E-state index in [-0.39, 0.29) is 23.4 Å². The van der Waals surface area contributed by atoms with Crippen molar-refractivity contribution in [2.75, 3.05) is 6.54 Å². The first-order valence-electron chi connectivity index (χ1n) is 9.00. The van der Waals surface area contributed by atoms with E-state index in [9.17, 15) is 13.2 Å². The summed E-state index contributed by atoms with van der Waals surface area (Å²) >= 11 is 1.63. The molecule has 2 aromatic heterocycles. The summed E-state index contributed by atoms with van der Waals surface area (Å²) in [7, 11) is -3.68. The summed E-state index contributed by atoms with van der Waals surface area (Å²) in [6.45, 7) is 0.788. The number of sulfonamides is 1. The van der Waals surface area contributed by atoms with Gasteiger partial charge in [0.25, 0.3) is 5.91 Å². The molecule has 0 bridgehead atoms. The van der Waals surface area contributed by atoms with Crippen molar-refractivity contribution in [1.82, 2.24) is 9.62 Å². The SMILES string of the molecule is O=C(c1ccc(S(=O)(=O)NCc2ccco2)cc1)N1CCC[C@H]1c1ccsc1. The van der Waals surface area contributed by atoms with Crippen LogP contribution in [0.1, 0.15) is 40.6 Å². The number of furan rings is 1. The molecule has 1 fully saturated rings. The molecule has 3 aromatic rings. The van der Waals surface area contributed by atoms with E-state index in [1.807, 2.05) is 10.3 Å². The number of hydrogen-bond acceptors (Lipinski definition) is 5. The van der Waals surface area contributed by atoms with Crippen LogP contribution in [-0.4, -0.2) is 25.8 Å². The van der Waals surface area contributed by atoms with Crippen molar-refractivity contribution in [1.29, 1.82) is 0 Å². The molecule has 1 saturated heterocycles. The number of likely N-dealkylation sites (tertiary alicyclic amines) is 1. The van der Waals surface area contributed by atoms with Crippen LogP contribution in [0.25, 0.3) is 0 Å². The summed E-state index contributed by atoms with van der Waals surface area (Å²) in [5, 5.41) is 4.10. The van der Waals surface area contributed by atoms with Crippen molar-refractivity contribution in [3.63, 3.8) is 0 Å². The lowest BCUT2D eigenvalue weighted by molar-refractivity contribution is 0.0736. The smallest absolute Gasteiger partial charge is 0.254 e. The number of rotatable bonds is 6. The van der Waals surface area contributed by atoms with Crippen molar-refractivity contribution in [2.24, 2.45) is 0 Å². The maximum atomic E-state index is 12.9. The predicted octanol–water partition coefficient (Wildman–Crippen LogP) is 3.80. The first-order chi connectivity index (χ1) is 13.5. The zero-order chi connectivity index (χ0) is 19.6. The van der Waals surface area contributed by atoms with Crippen LogP contribution >= 0.6 is 11.3 Å². The molecule has 146 valence electrons. The number of benzene rings is 1. The summed E-state index contributed by atoms with van der Waals surface area (Å²) in [4.78, 5) is 14.9. The zero-order valence-electron chi connectivity index (χ0n) is 15.1. The van der Waals surface area contributed by atoms with E-state index in [4.69, 9.17) is 4.42 Å². The fraction of sp³-hybridized carbons (Fsp3) is 0.250. The minimum absolute atomic E-state index is 0.0683. The van der Waals surface area contributed by atoms with E-state index in [1.165, 1.54) is 18.4 Å². The molecule has 1 amide bonds. The molecule has 28 heavy (non-hydrogen) atoms. The Balaban J connectivity index is 1.47. The predicted molar refractivity (Wildman–Crippen MR) is 107 cm³/mol. The summed E-state index contributed by atoms with van der Waals surface area (Å²) in [5.41, 5.74) is 1.66. The van der Waals surface area contributed by atoms with Crippen LogP contribution in [0.5, 0.6) is 0 Å². The zero-order valence-corrected chi connectivity index (χ0v) is 16.7. The monoisotopic (exact) mass is 416 g/mol. The third-order valence-electron chi connectivity index (χ3n) is 4.87. The molecule has 4 rings (SSSR count). The Hall–Kier alpha value is -2.42. The van der Waals surface area contributed by atoms with E-state index >= 15 is 0 Å². The first kappa shape index (κ1) is 18.9. The number of carbonyl (C=O) groups excluding carboxylic acids is 1. The lowest BCUT2D eigenvalue weighted by Crippen LogP contribution is -2.30. The summed E-state index contributed by atoms with van der Waals surface area (Å²) in [6.07, 6.45) is 3.41. The van der Waals surface area contributed by atoms with Gasteiger partial charge in [0.2, 0.25) is 10.0 Å². The maximum absolute atomic E-state index is 12.9. The van der Waals surface area contributed by atoms with Crippen LogP contribution in [0.3, 0.4) is 0 Å². The van der Waals surface area contributed by atoms with Gasteiger partial charge in [-0.1, -0.05) is 0 Å². The van der Waals surface area contributed by atoms with E-state index in [2.05, 4.69) is 16.2 Å². The highest BCUT2D eigenvalue weighted by atomic mass is 32.2. The van der Waals surface area contributed by atoms with E-state index in [1.54, 1.807) is 35.6 Å². The number of hydrogen-bond donors (Lipinski definition) is 1. The first-order valence-corrected chi connectivity index (χ1v) is 11.4. The molecule has 3 heterocycles. The number of nitrogens with one attached hydrogen (secondary N) is 1. The van der Waals surface area contributed by atoms with Gasteiger partial charge < -0.3 is 9.32 Å². The van der Waals surface area contributed by atoms with Gasteiger partial charge in [0.05, 0.1) is 23.7 Å². The van der Waals surface area contributed by atoms with Crippen LogP contribution in [0.4, 0.5) is 0 Å². The topological polar surface area (TPSA) is 79.6 Å². The minimum Gasteiger partial charge on any atom is -0.468 e. The molecule has 1 N–H and O–H groups in total. The summed E-state index contributed by atoms with van der Waals surface area (Å²) in [6, 6.07) is 11.6. The second-order valence-corrected chi connectivity index (χ2v) is 9.19. The fourth-order valence-electron chi connectivity index (χ4n) is 3.43. The molecule has 8 heteroatoms. The Bertz CT molecular complexity index is 1030. The molecule has 1 aliphatic rings. The average molecular weight is 417 g/mol. The van der Waals surface area contributed by atoms with Crippen molar-refractivity contribution < 1.29 is 17.6 Å². The van der Waals surface area contributed by atoms with Gasteiger partial charge in [0, 0.05) is 12.1 Å². The Morgan fingerprint density at radius 1 is 1.21 bits per heavy atom. The van der Waals surface area contributed by atoms with Gasteiger partial charge in [-0.25, -0.2) is 13.1 Å². The van der Waals surface area contributed by atoms with Gasteiger partial charge in [0.15, 0.2) is 0 Å². The number of amides is 1. The van der Waals surface area contributed by atoms with Crippen molar-refractivity contribution in [3.05, 3.63) is 76.4 Å². The highest BCUT2D eigenvalue weighted by Gasteiger charge is 2.31. The molecular formula is C20H20N2O4S2. The van der Waals surface area contributed by atoms with Gasteiger partial charge in [0.1, 0.15) is 5.76 Å². The van der Waals surface area contributed by atoms with Crippen LogP contribution in [0.2, 0.25) is 0 Å². The molecule has 0 aliphatic carbocycles. The standard InChI is InChI=1S/C20H20N2O4S2/c23-20(22-10-1-4-19(22)16-9-12-27-14-16)15-5-7-18(8-6-15)28(24,25)21-13-17-3-2-11-26-17/h2-3,5-9,11-12,14,19,21H,1,4,10,13H2/t19-/m0/s1. The van der Waals surface area contributed by atoms with Gasteiger partial charge in [-0.2, -0.15) is 11.3 Å². The Labute approximate surface area is 167 Å². The summed E-state index contributed by atoms with van der Waals surface area (Å²) in [5.74, 6) is 0.463. The second kappa shape index (κ2) is 7.90. The minimum atomic E-state index is -3.68. The van der Waals surface area contributed by atoms with Crippen LogP contribution < -0.4 is 4.72 Å². The van der Waals surface area contributed by atoms with E-state index in [0.717, 1.165) is 18.4 Å². The fourth-order valence-corrected chi connectivity index (χ4v) is 5.13. The molecule has 1 atom stereocenters. The van der Waals surface area contributed by atoms with E-state index < -0.39 is 10.0 Å². The van der Waals surface area contributed by atoms with Crippen LogP contribution in [0.15, 0.2) is 68.8 Å². The normalized spacial score (nSPS) is 17.1. The van der Waals surface area contributed by atoms with Crippen molar-refractivity contribution in [3.8, 4) is 0 Å². The summed E-state index contributed by atoms with van der Waals surface area (Å²) < 4.78 is 32.5. The van der Waals surface area contributed by atoms with Gasteiger partial charge >= 0.3 is 0 Å². The van der Waals surface area contributed by atoms with E-state index in [0.29, 0.717) is 17.9 Å². The van der Waals surface area contributed by atoms with Crippen molar-refractivity contribution >= 4 is 27.3 Å². The highest BCUT2D eigenvalue weighted by Crippen LogP contribution is 2.34. The number of carbonyl (C=O) groups is 1. The molecular weight excluding hydrogens is 396 g/mol. The van der Waals surface area contributed by atoms with Crippen LogP contribution in [-0.2, 0) is 16.6 Å². The third-order valence-corrected chi connectivity index (χ3v) is 6.99. The molecule has 0 radical (unpaired) electrons. The quantitative estimate of drug-likeness (QED) is 0.663. The molecule has 0 spiro atoms. The Morgan fingerprint density at radius 2 is 2.04 bits per heavy atom. The lowest BCUT2D eigenvalue weighted by Gasteiger charge is -2.24. The number of nitrogens with zero attached hydrogens (tertiary/aromatic N) is 1. The van der Waals surface area contributed by atoms with Gasteiger partial charge in [-0.05, 0) is 71.6 Å². The Kier molecular flexibility index (Phi) is 5.34. The lowest BCUT2D eigenvalue weighted by atomic mass is 10.1. The maximum Gasteiger partial charge on any atom is 0.254 e. The van der Waals surface area contributed by atoms with Crippen LogP contribution in [0, 0.1) is 0 Å². The third kappa shape index (κ3) is 3.89. The average Bonchev–Trinajstić information content (AvgIpc) is 3.48. The molecule has 6 nitrogen and oxygen atoms in total. The molecule has 1 aliphatic heterocycles. The molecule has 1 aromatic carbocycles. The Morgan fingerprint density at radius 3 is 2.71 bits per heavy atom. The molecule has 0 unspecified atom stereocenters. The second-order valence-electron chi connectivity index (χ2n) is 6.64. The van der Waals surface area contributed by atoms with Crippen molar-refractivity contribution in [2.45, 2.75) is 30.3 Å². The van der Waals surface area contributed by atoms with Gasteiger partial charge in [-0.15, -0.1) is 0 Å². The highest BCUT2D eigenvalue weighted by molar-refractivity contribution is 7.89. The molecule has 0 saturated carbocycles.